The zero-order valence-electron chi connectivity index (χ0n) is 44.7. The van der Waals surface area contributed by atoms with Gasteiger partial charge in [0, 0.05) is 19.3 Å². The molecule has 6 heteroatoms. The number of rotatable bonds is 53. The van der Waals surface area contributed by atoms with Crippen molar-refractivity contribution in [1.82, 2.24) is 0 Å². The number of hydrogen-bond donors (Lipinski definition) is 0. The highest BCUT2D eigenvalue weighted by Crippen LogP contribution is 2.17. The molecule has 0 N–H and O–H groups in total. The van der Waals surface area contributed by atoms with Crippen LogP contribution in [0, 0.1) is 0 Å². The Balaban J connectivity index is 4.28. The summed E-state index contributed by atoms with van der Waals surface area (Å²) in [7, 11) is 0. The van der Waals surface area contributed by atoms with Crippen LogP contribution in [-0.4, -0.2) is 37.2 Å². The van der Waals surface area contributed by atoms with Gasteiger partial charge in [-0.25, -0.2) is 0 Å². The van der Waals surface area contributed by atoms with Crippen LogP contribution in [0.5, 0.6) is 0 Å². The van der Waals surface area contributed by atoms with Crippen molar-refractivity contribution >= 4 is 17.9 Å². The monoisotopic (exact) mass is 939 g/mol. The molecule has 0 saturated heterocycles. The van der Waals surface area contributed by atoms with Crippen LogP contribution in [0.15, 0.2) is 48.6 Å². The normalized spacial score (nSPS) is 12.3. The fourth-order valence-electron chi connectivity index (χ4n) is 8.44. The maximum Gasteiger partial charge on any atom is 0.306 e. The minimum absolute atomic E-state index is 0.0769. The summed E-state index contributed by atoms with van der Waals surface area (Å²) >= 11 is 0. The summed E-state index contributed by atoms with van der Waals surface area (Å²) in [5.74, 6) is -0.883. The lowest BCUT2D eigenvalue weighted by Crippen LogP contribution is -2.30. The van der Waals surface area contributed by atoms with Gasteiger partial charge in [-0.1, -0.05) is 262 Å². The Morgan fingerprint density at radius 2 is 0.597 bits per heavy atom. The molecule has 6 nitrogen and oxygen atoms in total. The molecule has 0 aliphatic heterocycles. The van der Waals surface area contributed by atoms with Gasteiger partial charge in [-0.05, 0) is 70.6 Å². The fourth-order valence-corrected chi connectivity index (χ4v) is 8.44. The molecular weight excluding hydrogens is 829 g/mol. The molecular formula is C61H110O6. The number of esters is 3. The van der Waals surface area contributed by atoms with E-state index in [1.54, 1.807) is 0 Å². The number of ether oxygens (including phenoxy) is 3. The molecule has 0 aliphatic rings. The average Bonchev–Trinajstić information content (AvgIpc) is 3.33. The van der Waals surface area contributed by atoms with E-state index in [1.165, 1.54) is 173 Å². The smallest absolute Gasteiger partial charge is 0.306 e. The van der Waals surface area contributed by atoms with Gasteiger partial charge in [-0.15, -0.1) is 0 Å². The van der Waals surface area contributed by atoms with Crippen LogP contribution < -0.4 is 0 Å². The standard InChI is InChI=1S/C61H110O6/c1-4-7-10-13-16-19-22-24-26-28-29-30-31-33-34-36-39-42-45-48-51-54-60(63)66-57-58(56-65-59(62)53-50-47-44-41-38-21-18-15-12-9-6-3)67-61(64)55-52-49-46-43-40-37-35-32-27-25-23-20-17-14-11-8-5-2/h8,11,15,17-18,20,25,27,58H,4-7,9-10,12-14,16,19,21-24,26,28-57H2,1-3H3/b11-8-,18-15-,20-17-,27-25-. The van der Waals surface area contributed by atoms with Crippen LogP contribution in [0.25, 0.3) is 0 Å². The van der Waals surface area contributed by atoms with Crippen molar-refractivity contribution < 1.29 is 28.6 Å². The summed E-state index contributed by atoms with van der Waals surface area (Å²) in [5, 5.41) is 0. The van der Waals surface area contributed by atoms with Gasteiger partial charge in [0.2, 0.25) is 0 Å². The first kappa shape index (κ1) is 64.4. The van der Waals surface area contributed by atoms with Gasteiger partial charge in [0.1, 0.15) is 13.2 Å². The summed E-state index contributed by atoms with van der Waals surface area (Å²) < 4.78 is 16.8. The molecule has 1 unspecified atom stereocenters. The minimum Gasteiger partial charge on any atom is -0.462 e. The first-order valence-corrected chi connectivity index (χ1v) is 29.1. The van der Waals surface area contributed by atoms with Gasteiger partial charge in [0.15, 0.2) is 6.10 Å². The number of hydrogen-bond acceptors (Lipinski definition) is 6. The van der Waals surface area contributed by atoms with Crippen molar-refractivity contribution in [2.45, 2.75) is 309 Å². The second kappa shape index (κ2) is 56.0. The highest BCUT2D eigenvalue weighted by atomic mass is 16.6. The molecule has 0 radical (unpaired) electrons. The van der Waals surface area contributed by atoms with Crippen LogP contribution in [-0.2, 0) is 28.6 Å². The number of unbranched alkanes of at least 4 members (excludes halogenated alkanes) is 34. The predicted molar refractivity (Wildman–Crippen MR) is 289 cm³/mol. The first-order valence-electron chi connectivity index (χ1n) is 29.1. The van der Waals surface area contributed by atoms with Gasteiger partial charge in [-0.2, -0.15) is 0 Å². The predicted octanol–water partition coefficient (Wildman–Crippen LogP) is 19.4. The molecule has 0 aliphatic carbocycles. The first-order chi connectivity index (χ1) is 33.0. The van der Waals surface area contributed by atoms with Crippen molar-refractivity contribution in [3.8, 4) is 0 Å². The van der Waals surface area contributed by atoms with E-state index in [2.05, 4.69) is 69.4 Å². The number of carbonyl (C=O) groups is 3. The van der Waals surface area contributed by atoms with Gasteiger partial charge >= 0.3 is 17.9 Å². The SMILES string of the molecule is CC/C=C\C/C=C\C/C=C\CCCCCCCCCC(=O)OC(COC(=O)CCCCCCC/C=C\CCCC)COC(=O)CCCCCCCCCCCCCCCCCCCCCCC. The summed E-state index contributed by atoms with van der Waals surface area (Å²) in [6.45, 7) is 6.51. The van der Waals surface area contributed by atoms with Crippen molar-refractivity contribution in [3.05, 3.63) is 48.6 Å². The largest absolute Gasteiger partial charge is 0.462 e. The van der Waals surface area contributed by atoms with Crippen LogP contribution >= 0.6 is 0 Å². The maximum atomic E-state index is 12.8. The second-order valence-corrected chi connectivity index (χ2v) is 19.5. The molecule has 0 spiro atoms. The van der Waals surface area contributed by atoms with Crippen LogP contribution in [0.3, 0.4) is 0 Å². The van der Waals surface area contributed by atoms with E-state index in [1.807, 2.05) is 0 Å². The molecule has 67 heavy (non-hydrogen) atoms. The Labute approximate surface area is 416 Å². The molecule has 0 fully saturated rings. The third-order valence-corrected chi connectivity index (χ3v) is 12.8. The quantitative estimate of drug-likeness (QED) is 0.0262. The molecule has 0 bridgehead atoms. The Kier molecular flexibility index (Phi) is 53.8. The highest BCUT2D eigenvalue weighted by Gasteiger charge is 2.19. The van der Waals surface area contributed by atoms with E-state index in [0.29, 0.717) is 19.3 Å². The van der Waals surface area contributed by atoms with Crippen LogP contribution in [0.4, 0.5) is 0 Å². The molecule has 0 aromatic heterocycles. The number of carbonyl (C=O) groups excluding carboxylic acids is 3. The summed E-state index contributed by atoms with van der Waals surface area (Å²) in [6, 6.07) is 0. The Morgan fingerprint density at radius 3 is 0.970 bits per heavy atom. The van der Waals surface area contributed by atoms with E-state index in [0.717, 1.165) is 89.9 Å². The minimum atomic E-state index is -0.779. The van der Waals surface area contributed by atoms with E-state index in [4.69, 9.17) is 14.2 Å². The fraction of sp³-hybridized carbons (Fsp3) is 0.820. The van der Waals surface area contributed by atoms with Gasteiger partial charge in [0.05, 0.1) is 0 Å². The van der Waals surface area contributed by atoms with E-state index >= 15 is 0 Å². The van der Waals surface area contributed by atoms with E-state index in [9.17, 15) is 14.4 Å². The maximum absolute atomic E-state index is 12.8. The molecule has 0 heterocycles. The molecule has 0 amide bonds. The summed E-state index contributed by atoms with van der Waals surface area (Å²) in [6.07, 6.45) is 68.2. The third-order valence-electron chi connectivity index (χ3n) is 12.8. The van der Waals surface area contributed by atoms with E-state index in [-0.39, 0.29) is 31.1 Å². The van der Waals surface area contributed by atoms with Gasteiger partial charge in [-0.3, -0.25) is 14.4 Å². The molecule has 0 aromatic rings. The topological polar surface area (TPSA) is 78.9 Å². The molecule has 1 atom stereocenters. The van der Waals surface area contributed by atoms with Crippen molar-refractivity contribution in [2.24, 2.45) is 0 Å². The van der Waals surface area contributed by atoms with Crippen LogP contribution in [0.2, 0.25) is 0 Å². The average molecular weight is 940 g/mol. The molecule has 0 saturated carbocycles. The van der Waals surface area contributed by atoms with Crippen molar-refractivity contribution in [2.75, 3.05) is 13.2 Å². The summed E-state index contributed by atoms with van der Waals surface area (Å²) in [5.41, 5.74) is 0. The second-order valence-electron chi connectivity index (χ2n) is 19.5. The van der Waals surface area contributed by atoms with Gasteiger partial charge in [0.25, 0.3) is 0 Å². The highest BCUT2D eigenvalue weighted by molar-refractivity contribution is 5.71. The van der Waals surface area contributed by atoms with Crippen LogP contribution in [0.1, 0.15) is 303 Å². The zero-order chi connectivity index (χ0) is 48.6. The lowest BCUT2D eigenvalue weighted by molar-refractivity contribution is -0.167. The molecule has 0 rings (SSSR count). The van der Waals surface area contributed by atoms with E-state index < -0.39 is 6.10 Å². The molecule has 0 aromatic carbocycles. The van der Waals surface area contributed by atoms with Crippen molar-refractivity contribution in [1.29, 1.82) is 0 Å². The third kappa shape index (κ3) is 54.2. The Morgan fingerprint density at radius 1 is 0.313 bits per heavy atom. The lowest BCUT2D eigenvalue weighted by atomic mass is 10.0. The summed E-state index contributed by atoms with van der Waals surface area (Å²) in [4.78, 5) is 38.1. The lowest BCUT2D eigenvalue weighted by Gasteiger charge is -2.18. The van der Waals surface area contributed by atoms with Gasteiger partial charge < -0.3 is 14.2 Å². The zero-order valence-corrected chi connectivity index (χ0v) is 44.7. The van der Waals surface area contributed by atoms with Crippen molar-refractivity contribution in [3.63, 3.8) is 0 Å². The Hall–Kier alpha value is -2.63. The molecule has 390 valence electrons. The number of allylic oxidation sites excluding steroid dienone is 8. The Bertz CT molecular complexity index is 1170.